The lowest BCUT2D eigenvalue weighted by molar-refractivity contribution is -0.137. The molecule has 0 aliphatic heterocycles. The molecule has 0 fully saturated rings. The highest BCUT2D eigenvalue weighted by Crippen LogP contribution is 2.21. The first-order valence-corrected chi connectivity index (χ1v) is 4.53. The van der Waals surface area contributed by atoms with Crippen LogP contribution in [0.15, 0.2) is 36.6 Å². The average Bonchev–Trinajstić information content (AvgIpc) is 2.07. The fourth-order valence-corrected chi connectivity index (χ4v) is 0.759. The van der Waals surface area contributed by atoms with Gasteiger partial charge >= 0.3 is 6.18 Å². The summed E-state index contributed by atoms with van der Waals surface area (Å²) in [6.07, 6.45) is -1.73. The smallest absolute Gasteiger partial charge is 0.389 e. The van der Waals surface area contributed by atoms with Gasteiger partial charge in [0.1, 0.15) is 5.76 Å². The van der Waals surface area contributed by atoms with Crippen LogP contribution in [-0.4, -0.2) is 12.8 Å². The fourth-order valence-electron chi connectivity index (χ4n) is 0.759. The lowest BCUT2D eigenvalue weighted by Crippen LogP contribution is -2.08. The molecule has 0 radical (unpaired) electrons. The molecule has 0 saturated carbocycles. The zero-order chi connectivity index (χ0) is 11.9. The van der Waals surface area contributed by atoms with Gasteiger partial charge in [0.25, 0.3) is 0 Å². The van der Waals surface area contributed by atoms with E-state index in [4.69, 9.17) is 4.74 Å². The summed E-state index contributed by atoms with van der Waals surface area (Å²) in [4.78, 5) is 0. The molecular formula is C11H15F3O. The maximum atomic E-state index is 11.7. The summed E-state index contributed by atoms with van der Waals surface area (Å²) in [5.74, 6) is 0.347. The Kier molecular flexibility index (Phi) is 5.82. The van der Waals surface area contributed by atoms with Crippen molar-refractivity contribution in [1.29, 1.82) is 0 Å². The zero-order valence-corrected chi connectivity index (χ0v) is 8.73. The van der Waals surface area contributed by atoms with Crippen LogP contribution < -0.4 is 0 Å². The Hall–Kier alpha value is -1.19. The van der Waals surface area contributed by atoms with E-state index >= 15 is 0 Å². The summed E-state index contributed by atoms with van der Waals surface area (Å²) in [7, 11) is 0. The highest BCUT2D eigenvalue weighted by atomic mass is 19.4. The van der Waals surface area contributed by atoms with Gasteiger partial charge in [-0.2, -0.15) is 13.2 Å². The van der Waals surface area contributed by atoms with Crippen LogP contribution in [0.1, 0.15) is 19.8 Å². The Bertz CT molecular complexity index is 251. The lowest BCUT2D eigenvalue weighted by atomic mass is 10.3. The minimum absolute atomic E-state index is 0.0267. The molecule has 0 N–H and O–H groups in total. The molecule has 86 valence electrons. The van der Waals surface area contributed by atoms with Crippen LogP contribution in [0.3, 0.4) is 0 Å². The summed E-state index contributed by atoms with van der Waals surface area (Å²) in [6.45, 7) is 8.98. The fraction of sp³-hybridized carbons (Fsp3) is 0.455. The molecule has 0 rings (SSSR count). The molecule has 0 aromatic heterocycles. The third-order valence-electron chi connectivity index (χ3n) is 1.45. The molecule has 0 aliphatic carbocycles. The predicted octanol–water partition coefficient (Wildman–Crippen LogP) is 3.99. The summed E-state index contributed by atoms with van der Waals surface area (Å²) in [5, 5.41) is 0. The monoisotopic (exact) mass is 220 g/mol. The zero-order valence-electron chi connectivity index (χ0n) is 8.73. The minimum Gasteiger partial charge on any atom is -0.494 e. The number of hydrogen-bond acceptors (Lipinski definition) is 1. The second kappa shape index (κ2) is 6.32. The van der Waals surface area contributed by atoms with E-state index in [2.05, 4.69) is 13.2 Å². The molecule has 0 heterocycles. The quantitative estimate of drug-likeness (QED) is 0.373. The first-order valence-electron chi connectivity index (χ1n) is 4.53. The number of alkyl halides is 3. The molecule has 1 nitrogen and oxygen atoms in total. The highest BCUT2D eigenvalue weighted by Gasteiger charge is 2.25. The summed E-state index contributed by atoms with van der Waals surface area (Å²) < 4.78 is 40.2. The Morgan fingerprint density at radius 2 is 1.87 bits per heavy atom. The van der Waals surface area contributed by atoms with Crippen molar-refractivity contribution in [3.05, 3.63) is 36.6 Å². The largest absolute Gasteiger partial charge is 0.494 e. The molecule has 0 aliphatic rings. The van der Waals surface area contributed by atoms with Crippen LogP contribution in [0.5, 0.6) is 0 Å². The van der Waals surface area contributed by atoms with E-state index in [0.29, 0.717) is 5.76 Å². The maximum Gasteiger partial charge on any atom is 0.389 e. The van der Waals surface area contributed by atoms with Gasteiger partial charge in [0.2, 0.25) is 0 Å². The Balaban J connectivity index is 3.61. The topological polar surface area (TPSA) is 9.23 Å². The lowest BCUT2D eigenvalue weighted by Gasteiger charge is -2.07. The molecule has 0 spiro atoms. The van der Waals surface area contributed by atoms with Gasteiger partial charge in [-0.3, -0.25) is 0 Å². The van der Waals surface area contributed by atoms with E-state index in [9.17, 15) is 13.2 Å². The van der Waals surface area contributed by atoms with Crippen molar-refractivity contribution >= 4 is 0 Å². The number of rotatable bonds is 6. The second-order valence-corrected chi connectivity index (χ2v) is 3.21. The maximum absolute atomic E-state index is 11.7. The van der Waals surface area contributed by atoms with Crippen LogP contribution in [0, 0.1) is 0 Å². The van der Waals surface area contributed by atoms with Crippen molar-refractivity contribution in [2.45, 2.75) is 25.9 Å². The summed E-state index contributed by atoms with van der Waals surface area (Å²) >= 11 is 0. The molecule has 15 heavy (non-hydrogen) atoms. The van der Waals surface area contributed by atoms with Crippen molar-refractivity contribution in [2.24, 2.45) is 0 Å². The van der Waals surface area contributed by atoms with Gasteiger partial charge in [0.05, 0.1) is 6.61 Å². The third kappa shape index (κ3) is 10.7. The van der Waals surface area contributed by atoms with E-state index in [1.165, 1.54) is 0 Å². The number of halogens is 3. The number of ether oxygens (including phenoxy) is 1. The van der Waals surface area contributed by atoms with Crippen LogP contribution in [-0.2, 0) is 4.74 Å². The Morgan fingerprint density at radius 1 is 1.27 bits per heavy atom. The van der Waals surface area contributed by atoms with E-state index in [0.717, 1.165) is 5.57 Å². The van der Waals surface area contributed by atoms with E-state index < -0.39 is 12.6 Å². The van der Waals surface area contributed by atoms with Gasteiger partial charge in [-0.15, -0.1) is 0 Å². The number of hydrogen-bond donors (Lipinski definition) is 0. The molecule has 0 bridgehead atoms. The van der Waals surface area contributed by atoms with Crippen LogP contribution in [0.4, 0.5) is 13.2 Å². The van der Waals surface area contributed by atoms with E-state index in [1.54, 1.807) is 19.1 Å². The van der Waals surface area contributed by atoms with Crippen LogP contribution >= 0.6 is 0 Å². The molecule has 0 aromatic rings. The number of allylic oxidation sites excluding steroid dienone is 3. The van der Waals surface area contributed by atoms with E-state index in [1.807, 2.05) is 0 Å². The molecule has 0 atom stereocenters. The average molecular weight is 220 g/mol. The van der Waals surface area contributed by atoms with Crippen molar-refractivity contribution in [1.82, 2.24) is 0 Å². The molecule has 0 aromatic carbocycles. The van der Waals surface area contributed by atoms with Gasteiger partial charge in [-0.05, 0) is 19.4 Å². The van der Waals surface area contributed by atoms with Crippen LogP contribution in [0.2, 0.25) is 0 Å². The van der Waals surface area contributed by atoms with Crippen LogP contribution in [0.25, 0.3) is 0 Å². The molecule has 4 heteroatoms. The molecular weight excluding hydrogens is 205 g/mol. The third-order valence-corrected chi connectivity index (χ3v) is 1.45. The van der Waals surface area contributed by atoms with Crippen molar-refractivity contribution in [2.75, 3.05) is 6.61 Å². The van der Waals surface area contributed by atoms with Gasteiger partial charge in [0.15, 0.2) is 0 Å². The van der Waals surface area contributed by atoms with Crippen molar-refractivity contribution in [3.8, 4) is 0 Å². The first kappa shape index (κ1) is 13.8. The first-order chi connectivity index (χ1) is 6.81. The Labute approximate surface area is 87.9 Å². The van der Waals surface area contributed by atoms with Gasteiger partial charge in [0, 0.05) is 6.42 Å². The summed E-state index contributed by atoms with van der Waals surface area (Å²) in [5.41, 5.74) is 0.829. The SMILES string of the molecule is C=C(C)/C=C\C(=C)OCCCC(F)(F)F. The van der Waals surface area contributed by atoms with Crippen molar-refractivity contribution in [3.63, 3.8) is 0 Å². The highest BCUT2D eigenvalue weighted by molar-refractivity contribution is 5.19. The predicted molar refractivity (Wildman–Crippen MR) is 54.3 cm³/mol. The molecule has 0 amide bonds. The van der Waals surface area contributed by atoms with Gasteiger partial charge < -0.3 is 4.74 Å². The van der Waals surface area contributed by atoms with E-state index in [-0.39, 0.29) is 13.0 Å². The Morgan fingerprint density at radius 3 is 2.33 bits per heavy atom. The minimum atomic E-state index is -4.11. The summed E-state index contributed by atoms with van der Waals surface area (Å²) in [6, 6.07) is 0. The molecule has 0 saturated heterocycles. The molecule has 0 unspecified atom stereocenters. The normalized spacial score (nSPS) is 11.7. The standard InChI is InChI=1S/C11H15F3O/c1-9(2)5-6-10(3)15-8-4-7-11(12,13)14/h5-6H,1,3-4,7-8H2,2H3/b6-5-. The van der Waals surface area contributed by atoms with Gasteiger partial charge in [-0.25, -0.2) is 0 Å². The second-order valence-electron chi connectivity index (χ2n) is 3.21. The van der Waals surface area contributed by atoms with Gasteiger partial charge in [-0.1, -0.05) is 24.8 Å². The van der Waals surface area contributed by atoms with Crippen molar-refractivity contribution < 1.29 is 17.9 Å².